The van der Waals surface area contributed by atoms with Crippen LogP contribution < -0.4 is 10.1 Å². The SMILES string of the molecule is CC(C)(C)N(Cc1ccccc1)C(=O)COC(=O)COc1ccc2c(c1)CCC(=O)N2. The zero-order chi connectivity index (χ0) is 22.4. The van der Waals surface area contributed by atoms with E-state index >= 15 is 0 Å². The van der Waals surface area contributed by atoms with E-state index in [-0.39, 0.29) is 25.0 Å². The van der Waals surface area contributed by atoms with Crippen molar-refractivity contribution in [3.8, 4) is 5.75 Å². The first-order valence-corrected chi connectivity index (χ1v) is 10.3. The number of nitrogens with one attached hydrogen (secondary N) is 1. The summed E-state index contributed by atoms with van der Waals surface area (Å²) in [6, 6.07) is 14.9. The maximum absolute atomic E-state index is 12.7. The molecule has 0 radical (unpaired) electrons. The number of nitrogens with zero attached hydrogens (tertiary/aromatic N) is 1. The van der Waals surface area contributed by atoms with E-state index < -0.39 is 11.5 Å². The summed E-state index contributed by atoms with van der Waals surface area (Å²) in [5, 5.41) is 2.80. The third-order valence-corrected chi connectivity index (χ3v) is 4.98. The molecule has 2 aromatic carbocycles. The van der Waals surface area contributed by atoms with Gasteiger partial charge >= 0.3 is 5.97 Å². The van der Waals surface area contributed by atoms with Gasteiger partial charge in [0.15, 0.2) is 13.2 Å². The normalized spacial score (nSPS) is 13.1. The molecule has 0 unspecified atom stereocenters. The largest absolute Gasteiger partial charge is 0.482 e. The number of hydrogen-bond donors (Lipinski definition) is 1. The predicted octanol–water partition coefficient (Wildman–Crippen LogP) is 3.32. The molecule has 1 heterocycles. The molecule has 1 N–H and O–H groups in total. The minimum absolute atomic E-state index is 0.00835. The van der Waals surface area contributed by atoms with Crippen LogP contribution in [0.2, 0.25) is 0 Å². The Hall–Kier alpha value is -3.35. The van der Waals surface area contributed by atoms with Crippen LogP contribution in [-0.2, 0) is 32.1 Å². The first-order chi connectivity index (χ1) is 14.7. The van der Waals surface area contributed by atoms with Crippen LogP contribution in [0.25, 0.3) is 0 Å². The molecule has 3 rings (SSSR count). The highest BCUT2D eigenvalue weighted by Crippen LogP contribution is 2.26. The van der Waals surface area contributed by atoms with Crippen molar-refractivity contribution in [2.24, 2.45) is 0 Å². The summed E-state index contributed by atoms with van der Waals surface area (Å²) in [6.45, 7) is 5.61. The number of ether oxygens (including phenoxy) is 2. The van der Waals surface area contributed by atoms with Crippen molar-refractivity contribution in [2.45, 2.75) is 45.7 Å². The fourth-order valence-electron chi connectivity index (χ4n) is 3.32. The van der Waals surface area contributed by atoms with E-state index in [1.54, 1.807) is 23.1 Å². The number of rotatable bonds is 7. The van der Waals surface area contributed by atoms with Crippen molar-refractivity contribution in [1.82, 2.24) is 4.90 Å². The Morgan fingerprint density at radius 2 is 1.77 bits per heavy atom. The number of carbonyl (C=O) groups is 3. The molecule has 0 fully saturated rings. The van der Waals surface area contributed by atoms with Gasteiger partial charge in [0.1, 0.15) is 5.75 Å². The standard InChI is InChI=1S/C24H28N2O5/c1-24(2,3)26(14-17-7-5-4-6-8-17)22(28)15-31-23(29)16-30-19-10-11-20-18(13-19)9-12-21(27)25-20/h4-8,10-11,13H,9,12,14-16H2,1-3H3,(H,25,27). The van der Waals surface area contributed by atoms with Gasteiger partial charge in [0.2, 0.25) is 5.91 Å². The minimum Gasteiger partial charge on any atom is -0.482 e. The molecule has 31 heavy (non-hydrogen) atoms. The van der Waals surface area contributed by atoms with Crippen molar-refractivity contribution in [1.29, 1.82) is 0 Å². The lowest BCUT2D eigenvalue weighted by Gasteiger charge is -2.35. The Bertz CT molecular complexity index is 950. The van der Waals surface area contributed by atoms with Gasteiger partial charge in [0.05, 0.1) is 0 Å². The van der Waals surface area contributed by atoms with Gasteiger partial charge in [0.25, 0.3) is 5.91 Å². The summed E-state index contributed by atoms with van der Waals surface area (Å²) in [7, 11) is 0. The topological polar surface area (TPSA) is 84.9 Å². The zero-order valence-corrected chi connectivity index (χ0v) is 18.1. The number of anilines is 1. The van der Waals surface area contributed by atoms with E-state index in [9.17, 15) is 14.4 Å². The summed E-state index contributed by atoms with van der Waals surface area (Å²) >= 11 is 0. The third-order valence-electron chi connectivity index (χ3n) is 4.98. The molecular formula is C24H28N2O5. The Morgan fingerprint density at radius 3 is 2.48 bits per heavy atom. The van der Waals surface area contributed by atoms with E-state index in [1.807, 2.05) is 51.1 Å². The molecule has 0 saturated heterocycles. The zero-order valence-electron chi connectivity index (χ0n) is 18.1. The fourth-order valence-corrected chi connectivity index (χ4v) is 3.32. The van der Waals surface area contributed by atoms with Gasteiger partial charge < -0.3 is 19.7 Å². The maximum atomic E-state index is 12.7. The number of aryl methyl sites for hydroxylation is 1. The van der Waals surface area contributed by atoms with Gasteiger partial charge in [-0.1, -0.05) is 30.3 Å². The summed E-state index contributed by atoms with van der Waals surface area (Å²) in [5.74, 6) is -0.383. The average molecular weight is 424 g/mol. The van der Waals surface area contributed by atoms with Crippen LogP contribution >= 0.6 is 0 Å². The molecule has 0 bridgehead atoms. The Kier molecular flexibility index (Phi) is 6.95. The quantitative estimate of drug-likeness (QED) is 0.690. The third kappa shape index (κ3) is 6.31. The van der Waals surface area contributed by atoms with E-state index in [0.29, 0.717) is 25.1 Å². The molecule has 7 nitrogen and oxygen atoms in total. The van der Waals surface area contributed by atoms with E-state index in [0.717, 1.165) is 16.8 Å². The molecule has 1 aliphatic rings. The first kappa shape index (κ1) is 22.3. The summed E-state index contributed by atoms with van der Waals surface area (Å²) in [5.41, 5.74) is 2.30. The van der Waals surface area contributed by atoms with E-state index in [1.165, 1.54) is 0 Å². The van der Waals surface area contributed by atoms with Gasteiger partial charge in [-0.3, -0.25) is 9.59 Å². The van der Waals surface area contributed by atoms with Crippen LogP contribution in [0.1, 0.15) is 38.3 Å². The number of benzene rings is 2. The number of carbonyl (C=O) groups excluding carboxylic acids is 3. The second kappa shape index (κ2) is 9.64. The lowest BCUT2D eigenvalue weighted by molar-refractivity contribution is -0.156. The van der Waals surface area contributed by atoms with Crippen LogP contribution in [0.3, 0.4) is 0 Å². The summed E-state index contributed by atoms with van der Waals surface area (Å²) in [4.78, 5) is 38.0. The smallest absolute Gasteiger partial charge is 0.344 e. The molecular weight excluding hydrogens is 396 g/mol. The van der Waals surface area contributed by atoms with Crippen LogP contribution in [-0.4, -0.2) is 41.4 Å². The molecule has 2 amide bonds. The molecule has 0 aliphatic carbocycles. The fraction of sp³-hybridized carbons (Fsp3) is 0.375. The van der Waals surface area contributed by atoms with Crippen LogP contribution in [0, 0.1) is 0 Å². The molecule has 0 aromatic heterocycles. The second-order valence-electron chi connectivity index (χ2n) is 8.45. The molecule has 1 aliphatic heterocycles. The van der Waals surface area contributed by atoms with E-state index in [2.05, 4.69) is 5.32 Å². The molecule has 2 aromatic rings. The predicted molar refractivity (Wildman–Crippen MR) is 117 cm³/mol. The summed E-state index contributed by atoms with van der Waals surface area (Å²) in [6.07, 6.45) is 1.05. The summed E-state index contributed by atoms with van der Waals surface area (Å²) < 4.78 is 10.7. The van der Waals surface area contributed by atoms with Crippen molar-refractivity contribution in [3.63, 3.8) is 0 Å². The monoisotopic (exact) mass is 424 g/mol. The van der Waals surface area contributed by atoms with Gasteiger partial charge in [-0.15, -0.1) is 0 Å². The van der Waals surface area contributed by atoms with Gasteiger partial charge in [0, 0.05) is 24.2 Å². The highest BCUT2D eigenvalue weighted by Gasteiger charge is 2.27. The number of amides is 2. The van der Waals surface area contributed by atoms with E-state index in [4.69, 9.17) is 9.47 Å². The maximum Gasteiger partial charge on any atom is 0.344 e. The molecule has 7 heteroatoms. The lowest BCUT2D eigenvalue weighted by atomic mass is 10.0. The second-order valence-corrected chi connectivity index (χ2v) is 8.45. The number of esters is 1. The highest BCUT2D eigenvalue weighted by molar-refractivity contribution is 5.94. The van der Waals surface area contributed by atoms with Crippen LogP contribution in [0.15, 0.2) is 48.5 Å². The van der Waals surface area contributed by atoms with Crippen molar-refractivity contribution >= 4 is 23.5 Å². The first-order valence-electron chi connectivity index (χ1n) is 10.3. The van der Waals surface area contributed by atoms with Gasteiger partial charge in [-0.2, -0.15) is 0 Å². The van der Waals surface area contributed by atoms with Gasteiger partial charge in [-0.25, -0.2) is 4.79 Å². The van der Waals surface area contributed by atoms with Crippen LogP contribution in [0.5, 0.6) is 5.75 Å². The molecule has 0 saturated carbocycles. The van der Waals surface area contributed by atoms with Crippen molar-refractivity contribution in [3.05, 3.63) is 59.7 Å². The van der Waals surface area contributed by atoms with Gasteiger partial charge in [-0.05, 0) is 56.5 Å². The van der Waals surface area contributed by atoms with Crippen molar-refractivity contribution in [2.75, 3.05) is 18.5 Å². The average Bonchev–Trinajstić information content (AvgIpc) is 2.74. The number of hydrogen-bond acceptors (Lipinski definition) is 5. The molecule has 0 spiro atoms. The van der Waals surface area contributed by atoms with Crippen molar-refractivity contribution < 1.29 is 23.9 Å². The Labute approximate surface area is 182 Å². The van der Waals surface area contributed by atoms with Crippen LogP contribution in [0.4, 0.5) is 5.69 Å². The Balaban J connectivity index is 1.51. The minimum atomic E-state index is -0.618. The molecule has 0 atom stereocenters. The Morgan fingerprint density at radius 1 is 1.03 bits per heavy atom. The molecule has 164 valence electrons. The highest BCUT2D eigenvalue weighted by atomic mass is 16.6. The lowest BCUT2D eigenvalue weighted by Crippen LogP contribution is -2.47. The number of fused-ring (bicyclic) bond motifs is 1.